The standard InChI is InChI=1S/C20H32O/c1-13-11-20-9-6-16-18(2,3)7-5-8-19(16,4)17(20)15(21)10-14(13)12-20/h14-17,21H,1,5-12H2,2-4H3/t14-,15+,16-,17-,19-,20-/m1/s1. The van der Waals surface area contributed by atoms with Crippen molar-refractivity contribution in [3.63, 3.8) is 0 Å². The SMILES string of the molecule is C=C1C[C@@]23CC[C@@H]4C(C)(C)CCC[C@@]4(C)[C@H]2[C@@H](O)C[C@@H]1C3. The highest BCUT2D eigenvalue weighted by Gasteiger charge is 2.65. The van der Waals surface area contributed by atoms with Gasteiger partial charge in [0.2, 0.25) is 0 Å². The van der Waals surface area contributed by atoms with Crippen molar-refractivity contribution in [2.24, 2.45) is 34.0 Å². The topological polar surface area (TPSA) is 20.2 Å². The second kappa shape index (κ2) is 4.16. The summed E-state index contributed by atoms with van der Waals surface area (Å²) in [5.41, 5.74) is 2.67. The summed E-state index contributed by atoms with van der Waals surface area (Å²) in [6, 6.07) is 0. The van der Waals surface area contributed by atoms with Gasteiger partial charge in [-0.3, -0.25) is 0 Å². The molecule has 0 radical (unpaired) electrons. The molecule has 1 nitrogen and oxygen atoms in total. The third kappa shape index (κ3) is 1.73. The maximum absolute atomic E-state index is 11.0. The molecule has 0 saturated heterocycles. The minimum absolute atomic E-state index is 0.0790. The van der Waals surface area contributed by atoms with Crippen molar-refractivity contribution >= 4 is 0 Å². The van der Waals surface area contributed by atoms with E-state index in [0.29, 0.717) is 28.1 Å². The van der Waals surface area contributed by atoms with Gasteiger partial charge in [0, 0.05) is 0 Å². The van der Waals surface area contributed by atoms with Gasteiger partial charge in [0.1, 0.15) is 0 Å². The summed E-state index contributed by atoms with van der Waals surface area (Å²) in [6.45, 7) is 11.9. The number of hydrogen-bond acceptors (Lipinski definition) is 1. The van der Waals surface area contributed by atoms with Gasteiger partial charge in [0.15, 0.2) is 0 Å². The summed E-state index contributed by atoms with van der Waals surface area (Å²) < 4.78 is 0. The van der Waals surface area contributed by atoms with E-state index in [0.717, 1.165) is 12.3 Å². The maximum atomic E-state index is 11.0. The van der Waals surface area contributed by atoms with Crippen molar-refractivity contribution in [3.05, 3.63) is 12.2 Å². The molecule has 2 bridgehead atoms. The molecule has 21 heavy (non-hydrogen) atoms. The lowest BCUT2D eigenvalue weighted by Crippen LogP contribution is -2.59. The van der Waals surface area contributed by atoms with Crippen LogP contribution in [0.5, 0.6) is 0 Å². The Morgan fingerprint density at radius 2 is 1.90 bits per heavy atom. The molecule has 0 unspecified atom stereocenters. The van der Waals surface area contributed by atoms with Crippen LogP contribution in [0.1, 0.15) is 72.1 Å². The van der Waals surface area contributed by atoms with E-state index >= 15 is 0 Å². The van der Waals surface area contributed by atoms with Crippen molar-refractivity contribution in [1.29, 1.82) is 0 Å². The van der Waals surface area contributed by atoms with E-state index in [2.05, 4.69) is 27.4 Å². The van der Waals surface area contributed by atoms with E-state index < -0.39 is 0 Å². The predicted molar refractivity (Wildman–Crippen MR) is 86.9 cm³/mol. The summed E-state index contributed by atoms with van der Waals surface area (Å²) >= 11 is 0. The third-order valence-electron chi connectivity index (χ3n) is 8.30. The Kier molecular flexibility index (Phi) is 2.83. The molecule has 4 aliphatic carbocycles. The van der Waals surface area contributed by atoms with Crippen molar-refractivity contribution in [3.8, 4) is 0 Å². The van der Waals surface area contributed by atoms with Crippen LogP contribution in [0, 0.1) is 34.0 Å². The minimum Gasteiger partial charge on any atom is -0.393 e. The van der Waals surface area contributed by atoms with Crippen LogP contribution in [0.4, 0.5) is 0 Å². The van der Waals surface area contributed by atoms with Crippen molar-refractivity contribution in [2.75, 3.05) is 0 Å². The number of fused-ring (bicyclic) bond motifs is 3. The molecular formula is C20H32O. The molecule has 0 heterocycles. The van der Waals surface area contributed by atoms with Gasteiger partial charge in [-0.05, 0) is 78.9 Å². The van der Waals surface area contributed by atoms with Crippen LogP contribution in [-0.2, 0) is 0 Å². The van der Waals surface area contributed by atoms with Crippen LogP contribution in [0.25, 0.3) is 0 Å². The first-order chi connectivity index (χ1) is 9.79. The second-order valence-electron chi connectivity index (χ2n) is 9.82. The first-order valence-electron chi connectivity index (χ1n) is 9.14. The average Bonchev–Trinajstić information content (AvgIpc) is 2.58. The van der Waals surface area contributed by atoms with E-state index in [4.69, 9.17) is 0 Å². The Balaban J connectivity index is 1.78. The number of allylic oxidation sites excluding steroid dienone is 1. The molecule has 1 spiro atoms. The largest absolute Gasteiger partial charge is 0.393 e. The van der Waals surface area contributed by atoms with Crippen LogP contribution in [0.3, 0.4) is 0 Å². The fourth-order valence-electron chi connectivity index (χ4n) is 7.80. The van der Waals surface area contributed by atoms with Gasteiger partial charge < -0.3 is 5.11 Å². The van der Waals surface area contributed by atoms with Crippen molar-refractivity contribution in [2.45, 2.75) is 78.2 Å². The molecule has 0 aromatic heterocycles. The number of aliphatic hydroxyl groups excluding tert-OH is 1. The van der Waals surface area contributed by atoms with E-state index in [9.17, 15) is 5.11 Å². The van der Waals surface area contributed by atoms with Crippen LogP contribution in [-0.4, -0.2) is 11.2 Å². The molecule has 1 heteroatoms. The quantitative estimate of drug-likeness (QED) is 0.626. The summed E-state index contributed by atoms with van der Waals surface area (Å²) in [5.74, 6) is 1.95. The van der Waals surface area contributed by atoms with Crippen LogP contribution >= 0.6 is 0 Å². The first kappa shape index (κ1) is 14.3. The third-order valence-corrected chi connectivity index (χ3v) is 8.30. The smallest absolute Gasteiger partial charge is 0.0584 e. The molecular weight excluding hydrogens is 256 g/mol. The predicted octanol–water partition coefficient (Wildman–Crippen LogP) is 4.95. The number of hydrogen-bond donors (Lipinski definition) is 1. The fourth-order valence-corrected chi connectivity index (χ4v) is 7.80. The molecule has 4 aliphatic rings. The maximum Gasteiger partial charge on any atom is 0.0584 e. The van der Waals surface area contributed by atoms with Crippen molar-refractivity contribution in [1.82, 2.24) is 0 Å². The summed E-state index contributed by atoms with van der Waals surface area (Å²) in [7, 11) is 0. The van der Waals surface area contributed by atoms with Gasteiger partial charge in [0.05, 0.1) is 6.10 Å². The average molecular weight is 288 g/mol. The van der Waals surface area contributed by atoms with Gasteiger partial charge in [-0.15, -0.1) is 0 Å². The summed E-state index contributed by atoms with van der Waals surface area (Å²) in [6.07, 6.45) is 10.2. The van der Waals surface area contributed by atoms with Crippen LogP contribution in [0.15, 0.2) is 12.2 Å². The minimum atomic E-state index is -0.0790. The Morgan fingerprint density at radius 1 is 1.14 bits per heavy atom. The molecule has 1 N–H and O–H groups in total. The highest BCUT2D eigenvalue weighted by atomic mass is 16.3. The molecule has 6 atom stereocenters. The molecule has 4 saturated carbocycles. The van der Waals surface area contributed by atoms with Gasteiger partial charge in [-0.2, -0.15) is 0 Å². The first-order valence-corrected chi connectivity index (χ1v) is 9.14. The summed E-state index contributed by atoms with van der Waals surface area (Å²) in [4.78, 5) is 0. The molecule has 4 fully saturated rings. The monoisotopic (exact) mass is 288 g/mol. The van der Waals surface area contributed by atoms with E-state index in [1.807, 2.05) is 0 Å². The lowest BCUT2D eigenvalue weighted by atomic mass is 9.41. The molecule has 0 aromatic rings. The lowest BCUT2D eigenvalue weighted by Gasteiger charge is -2.64. The fraction of sp³-hybridized carbons (Fsp3) is 0.900. The second-order valence-corrected chi connectivity index (χ2v) is 9.82. The molecule has 4 rings (SSSR count). The highest BCUT2D eigenvalue weighted by Crippen LogP contribution is 2.71. The van der Waals surface area contributed by atoms with Gasteiger partial charge in [0.25, 0.3) is 0 Å². The highest BCUT2D eigenvalue weighted by molar-refractivity contribution is 5.23. The molecule has 118 valence electrons. The van der Waals surface area contributed by atoms with Gasteiger partial charge in [-0.1, -0.05) is 39.3 Å². The van der Waals surface area contributed by atoms with Gasteiger partial charge in [-0.25, -0.2) is 0 Å². The zero-order valence-corrected chi connectivity index (χ0v) is 14.1. The number of aliphatic hydroxyl groups is 1. The van der Waals surface area contributed by atoms with Crippen LogP contribution < -0.4 is 0 Å². The van der Waals surface area contributed by atoms with E-state index in [1.54, 1.807) is 0 Å². The lowest BCUT2D eigenvalue weighted by molar-refractivity contribution is -0.184. The molecule has 0 aromatic carbocycles. The number of rotatable bonds is 0. The Hall–Kier alpha value is -0.300. The van der Waals surface area contributed by atoms with Gasteiger partial charge >= 0.3 is 0 Å². The van der Waals surface area contributed by atoms with E-state index in [1.165, 1.54) is 50.5 Å². The Morgan fingerprint density at radius 3 is 2.67 bits per heavy atom. The molecule has 0 amide bonds. The Labute approximate surface area is 130 Å². The zero-order chi connectivity index (χ0) is 15.0. The zero-order valence-electron chi connectivity index (χ0n) is 14.1. The normalized spacial score (nSPS) is 55.0. The van der Waals surface area contributed by atoms with Crippen molar-refractivity contribution < 1.29 is 5.11 Å². The summed E-state index contributed by atoms with van der Waals surface area (Å²) in [5, 5.41) is 11.0. The molecule has 0 aliphatic heterocycles. The van der Waals surface area contributed by atoms with E-state index in [-0.39, 0.29) is 6.10 Å². The van der Waals surface area contributed by atoms with Crippen LogP contribution in [0.2, 0.25) is 0 Å². The Bertz CT molecular complexity index is 478.